The van der Waals surface area contributed by atoms with Crippen LogP contribution in [-0.2, 0) is 17.1 Å². The SMILES string of the molecule is C=C/C=C(Cc1cc2cc(C(=O)NC(CO)c3ccc([SH](=O)=O)cc3)ccc2[nH]1)\C(=C/C=C)C(F)(F)F. The molecule has 6 nitrogen and oxygen atoms in total. The first-order valence-corrected chi connectivity index (χ1v) is 12.2. The van der Waals surface area contributed by atoms with Gasteiger partial charge in [0.2, 0.25) is 0 Å². The number of carbonyl (C=O) groups excluding carboxylic acids is 1. The second kappa shape index (κ2) is 11.9. The second-order valence-electron chi connectivity index (χ2n) is 8.07. The average molecular weight is 531 g/mol. The number of aromatic amines is 1. The van der Waals surface area contributed by atoms with Gasteiger partial charge in [0, 0.05) is 28.6 Å². The molecule has 37 heavy (non-hydrogen) atoms. The Morgan fingerprint density at radius 2 is 1.73 bits per heavy atom. The lowest BCUT2D eigenvalue weighted by Crippen LogP contribution is -2.30. The van der Waals surface area contributed by atoms with Crippen molar-refractivity contribution in [3.8, 4) is 0 Å². The van der Waals surface area contributed by atoms with Gasteiger partial charge in [-0.1, -0.05) is 49.6 Å². The lowest BCUT2D eigenvalue weighted by molar-refractivity contribution is -0.0894. The Morgan fingerprint density at radius 3 is 2.30 bits per heavy atom. The highest BCUT2D eigenvalue weighted by Crippen LogP contribution is 2.33. The number of H-pyrrole nitrogens is 1. The number of amides is 1. The van der Waals surface area contributed by atoms with Crippen molar-refractivity contribution in [2.24, 2.45) is 0 Å². The first-order chi connectivity index (χ1) is 17.6. The Labute approximate surface area is 213 Å². The Balaban J connectivity index is 1.83. The average Bonchev–Trinajstić information content (AvgIpc) is 3.26. The number of aliphatic hydroxyl groups is 1. The van der Waals surface area contributed by atoms with Crippen LogP contribution in [0.5, 0.6) is 0 Å². The fraction of sp³-hybridized carbons (Fsp3) is 0.148. The summed E-state index contributed by atoms with van der Waals surface area (Å²) in [6.07, 6.45) is -0.0600. The van der Waals surface area contributed by atoms with Crippen molar-refractivity contribution in [3.63, 3.8) is 0 Å². The van der Waals surface area contributed by atoms with E-state index in [2.05, 4.69) is 23.5 Å². The third-order valence-corrected chi connectivity index (χ3v) is 6.29. The maximum absolute atomic E-state index is 13.5. The number of hydrogen-bond donors (Lipinski definition) is 4. The van der Waals surface area contributed by atoms with E-state index in [1.165, 1.54) is 36.4 Å². The molecule has 2 aromatic carbocycles. The molecule has 0 saturated heterocycles. The fourth-order valence-electron chi connectivity index (χ4n) is 3.83. The minimum absolute atomic E-state index is 0.00486. The summed E-state index contributed by atoms with van der Waals surface area (Å²) in [4.78, 5) is 16.0. The molecule has 1 unspecified atom stereocenters. The van der Waals surface area contributed by atoms with E-state index in [9.17, 15) is 31.5 Å². The highest BCUT2D eigenvalue weighted by Gasteiger charge is 2.35. The number of carbonyl (C=O) groups is 1. The standard InChI is InChI=1S/C27H25F3N2O4S/c1-3-5-18(23(6-4-2)27(28,29)30)14-21-15-20-13-19(9-12-24(20)31-21)26(34)32-25(16-33)17-7-10-22(11-8-17)37(35)36/h3-13,15,25,31,33,37H,1-2,14,16H2,(H,32,34)/b18-5-,23-6+. The predicted molar refractivity (Wildman–Crippen MR) is 137 cm³/mol. The number of rotatable bonds is 10. The van der Waals surface area contributed by atoms with Crippen LogP contribution in [-0.4, -0.2) is 37.2 Å². The van der Waals surface area contributed by atoms with Gasteiger partial charge in [0.25, 0.3) is 5.91 Å². The topological polar surface area (TPSA) is 99.3 Å². The van der Waals surface area contributed by atoms with Gasteiger partial charge < -0.3 is 15.4 Å². The molecule has 0 aliphatic rings. The molecule has 0 spiro atoms. The number of hydrogen-bond acceptors (Lipinski definition) is 4. The largest absolute Gasteiger partial charge is 0.416 e. The maximum Gasteiger partial charge on any atom is 0.416 e. The number of fused-ring (bicyclic) bond motifs is 1. The molecule has 194 valence electrons. The van der Waals surface area contributed by atoms with Gasteiger partial charge in [-0.3, -0.25) is 4.79 Å². The Kier molecular flexibility index (Phi) is 8.90. The lowest BCUT2D eigenvalue weighted by atomic mass is 9.99. The van der Waals surface area contributed by atoms with Gasteiger partial charge in [-0.2, -0.15) is 13.2 Å². The molecule has 3 rings (SSSR count). The minimum Gasteiger partial charge on any atom is -0.394 e. The van der Waals surface area contributed by atoms with Crippen molar-refractivity contribution in [3.05, 3.63) is 114 Å². The van der Waals surface area contributed by atoms with Gasteiger partial charge in [-0.25, -0.2) is 8.42 Å². The van der Waals surface area contributed by atoms with Crippen molar-refractivity contribution in [1.82, 2.24) is 10.3 Å². The number of nitrogens with one attached hydrogen (secondary N) is 2. The monoisotopic (exact) mass is 530 g/mol. The van der Waals surface area contributed by atoms with Gasteiger partial charge in [0.1, 0.15) is 0 Å². The molecule has 0 aliphatic carbocycles. The van der Waals surface area contributed by atoms with Crippen LogP contribution in [0.1, 0.15) is 27.7 Å². The molecule has 1 aromatic heterocycles. The number of halogens is 3. The van der Waals surface area contributed by atoms with E-state index in [1.54, 1.807) is 24.3 Å². The summed E-state index contributed by atoms with van der Waals surface area (Å²) in [7, 11) is -2.74. The summed E-state index contributed by atoms with van der Waals surface area (Å²) in [6.45, 7) is 6.46. The van der Waals surface area contributed by atoms with Gasteiger partial charge >= 0.3 is 6.18 Å². The van der Waals surface area contributed by atoms with Crippen LogP contribution in [0, 0.1) is 0 Å². The zero-order valence-electron chi connectivity index (χ0n) is 19.6. The van der Waals surface area contributed by atoms with Crippen molar-refractivity contribution in [1.29, 1.82) is 0 Å². The van der Waals surface area contributed by atoms with Gasteiger partial charge in [-0.05, 0) is 47.5 Å². The van der Waals surface area contributed by atoms with E-state index < -0.39 is 41.0 Å². The quantitative estimate of drug-likeness (QED) is 0.221. The number of benzene rings is 2. The Bertz CT molecular complexity index is 1440. The third-order valence-electron chi connectivity index (χ3n) is 5.57. The summed E-state index contributed by atoms with van der Waals surface area (Å²) in [6, 6.07) is 11.5. The minimum atomic E-state index is -4.57. The number of aromatic nitrogens is 1. The molecule has 0 saturated carbocycles. The number of alkyl halides is 3. The Morgan fingerprint density at radius 1 is 1.05 bits per heavy atom. The van der Waals surface area contributed by atoms with Crippen LogP contribution in [0.3, 0.4) is 0 Å². The first-order valence-electron chi connectivity index (χ1n) is 11.1. The van der Waals surface area contributed by atoms with E-state index in [-0.39, 0.29) is 22.5 Å². The molecule has 0 radical (unpaired) electrons. The van der Waals surface area contributed by atoms with E-state index in [4.69, 9.17) is 0 Å². The lowest BCUT2D eigenvalue weighted by Gasteiger charge is -2.17. The number of allylic oxidation sites excluding steroid dienone is 6. The highest BCUT2D eigenvalue weighted by molar-refractivity contribution is 7.72. The van der Waals surface area contributed by atoms with Gasteiger partial charge in [-0.15, -0.1) is 0 Å². The predicted octanol–water partition coefficient (Wildman–Crippen LogP) is 4.93. The molecule has 3 N–H and O–H groups in total. The van der Waals surface area contributed by atoms with E-state index in [0.29, 0.717) is 22.2 Å². The molecule has 1 amide bonds. The van der Waals surface area contributed by atoms with Crippen molar-refractivity contribution in [2.75, 3.05) is 6.61 Å². The molecular formula is C27H25F3N2O4S. The number of aliphatic hydroxyl groups excluding tert-OH is 1. The van der Waals surface area contributed by atoms with Crippen LogP contribution in [0.4, 0.5) is 13.2 Å². The van der Waals surface area contributed by atoms with Crippen LogP contribution >= 0.6 is 0 Å². The summed E-state index contributed by atoms with van der Waals surface area (Å²) >= 11 is 0. The van der Waals surface area contributed by atoms with E-state index in [1.807, 2.05) is 0 Å². The molecule has 3 aromatic rings. The maximum atomic E-state index is 13.5. The van der Waals surface area contributed by atoms with Crippen LogP contribution in [0.2, 0.25) is 0 Å². The Hall–Kier alpha value is -3.89. The molecule has 10 heteroatoms. The van der Waals surface area contributed by atoms with E-state index >= 15 is 0 Å². The van der Waals surface area contributed by atoms with Crippen molar-refractivity contribution < 1.29 is 31.5 Å². The molecule has 0 bridgehead atoms. The van der Waals surface area contributed by atoms with Crippen molar-refractivity contribution >= 4 is 27.5 Å². The van der Waals surface area contributed by atoms with Crippen LogP contribution < -0.4 is 5.32 Å². The molecule has 1 atom stereocenters. The summed E-state index contributed by atoms with van der Waals surface area (Å²) in [5, 5.41) is 13.1. The highest BCUT2D eigenvalue weighted by atomic mass is 32.2. The van der Waals surface area contributed by atoms with Crippen molar-refractivity contribution in [2.45, 2.75) is 23.5 Å². The zero-order valence-corrected chi connectivity index (χ0v) is 20.5. The first kappa shape index (κ1) is 27.7. The summed E-state index contributed by atoms with van der Waals surface area (Å²) in [5.74, 6) is -0.483. The van der Waals surface area contributed by atoms with Crippen LogP contribution in [0.25, 0.3) is 10.9 Å². The third kappa shape index (κ3) is 6.87. The smallest absolute Gasteiger partial charge is 0.394 e. The van der Waals surface area contributed by atoms with E-state index in [0.717, 1.165) is 12.2 Å². The normalized spacial score (nSPS) is 13.5. The summed E-state index contributed by atoms with van der Waals surface area (Å²) < 4.78 is 62.8. The zero-order chi connectivity index (χ0) is 27.2. The summed E-state index contributed by atoms with van der Waals surface area (Å²) in [5.41, 5.74) is 1.12. The second-order valence-corrected chi connectivity index (χ2v) is 9.10. The van der Waals surface area contributed by atoms with Gasteiger partial charge in [0.05, 0.1) is 23.1 Å². The molecule has 1 heterocycles. The molecule has 0 fully saturated rings. The van der Waals surface area contributed by atoms with Crippen LogP contribution in [0.15, 0.2) is 102 Å². The molecular weight excluding hydrogens is 505 g/mol. The molecule has 0 aliphatic heterocycles. The fourth-order valence-corrected chi connectivity index (χ4v) is 4.22. The number of thiol groups is 1. The van der Waals surface area contributed by atoms with Gasteiger partial charge in [0.15, 0.2) is 10.7 Å².